The largest absolute Gasteiger partial charge is 0.294 e. The van der Waals surface area contributed by atoms with E-state index in [0.717, 1.165) is 22.6 Å². The molecule has 2 rings (SSSR count). The molecule has 0 unspecified atom stereocenters. The number of rotatable bonds is 5. The maximum Gasteiger partial charge on any atom is 0.160 e. The molecule has 0 amide bonds. The predicted octanol–water partition coefficient (Wildman–Crippen LogP) is 5.77. The molecule has 0 aromatic heterocycles. The standard InChI is InChI=1S/C17H18OS.C2H6/c1-3-14-9-10-16(13(2)18)17(11-14)19-12-15-7-5-4-6-8-15;1-2/h4-11H,3,12H2,1-2H3;1-2H3. The van der Waals surface area contributed by atoms with Gasteiger partial charge in [0, 0.05) is 16.2 Å². The molecule has 0 spiro atoms. The highest BCUT2D eigenvalue weighted by Crippen LogP contribution is 2.28. The summed E-state index contributed by atoms with van der Waals surface area (Å²) in [6.07, 6.45) is 0.997. The Morgan fingerprint density at radius 2 is 1.67 bits per heavy atom. The van der Waals surface area contributed by atoms with Crippen molar-refractivity contribution in [2.75, 3.05) is 0 Å². The fourth-order valence-corrected chi connectivity index (χ4v) is 3.05. The maximum atomic E-state index is 11.7. The predicted molar refractivity (Wildman–Crippen MR) is 93.2 cm³/mol. The highest BCUT2D eigenvalue weighted by atomic mass is 32.2. The van der Waals surface area contributed by atoms with Crippen LogP contribution in [0.15, 0.2) is 53.4 Å². The number of hydrogen-bond acceptors (Lipinski definition) is 2. The monoisotopic (exact) mass is 300 g/mol. The third-order valence-electron chi connectivity index (χ3n) is 3.07. The van der Waals surface area contributed by atoms with Gasteiger partial charge in [-0.25, -0.2) is 0 Å². The summed E-state index contributed by atoms with van der Waals surface area (Å²) in [6, 6.07) is 16.5. The summed E-state index contributed by atoms with van der Waals surface area (Å²) >= 11 is 1.74. The second kappa shape index (κ2) is 9.41. The van der Waals surface area contributed by atoms with E-state index in [4.69, 9.17) is 0 Å². The Hall–Kier alpha value is -1.54. The Morgan fingerprint density at radius 3 is 2.24 bits per heavy atom. The van der Waals surface area contributed by atoms with E-state index in [2.05, 4.69) is 25.1 Å². The van der Waals surface area contributed by atoms with Crippen molar-refractivity contribution in [3.8, 4) is 0 Å². The van der Waals surface area contributed by atoms with Crippen LogP contribution in [0.1, 0.15) is 49.2 Å². The normalized spacial score (nSPS) is 9.71. The highest BCUT2D eigenvalue weighted by molar-refractivity contribution is 7.98. The van der Waals surface area contributed by atoms with Gasteiger partial charge in [0.1, 0.15) is 0 Å². The summed E-state index contributed by atoms with van der Waals surface area (Å²) in [5, 5.41) is 0. The quantitative estimate of drug-likeness (QED) is 0.515. The van der Waals surface area contributed by atoms with Crippen molar-refractivity contribution in [1.82, 2.24) is 0 Å². The van der Waals surface area contributed by atoms with Crippen molar-refractivity contribution >= 4 is 17.5 Å². The third kappa shape index (κ3) is 5.39. The van der Waals surface area contributed by atoms with Gasteiger partial charge >= 0.3 is 0 Å². The van der Waals surface area contributed by atoms with Crippen LogP contribution in [0.3, 0.4) is 0 Å². The molecule has 1 nitrogen and oxygen atoms in total. The van der Waals surface area contributed by atoms with Gasteiger partial charge in [0.15, 0.2) is 5.78 Å². The van der Waals surface area contributed by atoms with E-state index in [9.17, 15) is 4.79 Å². The van der Waals surface area contributed by atoms with Crippen molar-refractivity contribution in [3.05, 3.63) is 65.2 Å². The zero-order valence-corrected chi connectivity index (χ0v) is 14.2. The van der Waals surface area contributed by atoms with Gasteiger partial charge in [-0.05, 0) is 30.5 Å². The fraction of sp³-hybridized carbons (Fsp3) is 0.316. The van der Waals surface area contributed by atoms with E-state index in [1.165, 1.54) is 11.1 Å². The minimum atomic E-state index is 0.137. The van der Waals surface area contributed by atoms with E-state index in [1.54, 1.807) is 18.7 Å². The van der Waals surface area contributed by atoms with E-state index >= 15 is 0 Å². The first-order chi connectivity index (χ1) is 10.2. The maximum absolute atomic E-state index is 11.7. The van der Waals surface area contributed by atoms with Crippen LogP contribution in [0.4, 0.5) is 0 Å². The van der Waals surface area contributed by atoms with Gasteiger partial charge < -0.3 is 0 Å². The molecule has 0 fully saturated rings. The number of thioether (sulfide) groups is 1. The molecular weight excluding hydrogens is 276 g/mol. The van der Waals surface area contributed by atoms with E-state index in [0.29, 0.717) is 0 Å². The van der Waals surface area contributed by atoms with Crippen LogP contribution in [0.25, 0.3) is 0 Å². The summed E-state index contributed by atoms with van der Waals surface area (Å²) in [5.74, 6) is 1.03. The average Bonchev–Trinajstić information content (AvgIpc) is 2.55. The minimum Gasteiger partial charge on any atom is -0.294 e. The lowest BCUT2D eigenvalue weighted by atomic mass is 10.1. The Bertz CT molecular complexity index is 561. The molecule has 2 aromatic rings. The van der Waals surface area contributed by atoms with E-state index in [-0.39, 0.29) is 5.78 Å². The number of carbonyl (C=O) groups excluding carboxylic acids is 1. The molecular formula is C19H24OS. The molecule has 0 bridgehead atoms. The van der Waals surface area contributed by atoms with Gasteiger partial charge in [0.2, 0.25) is 0 Å². The fourth-order valence-electron chi connectivity index (χ4n) is 1.93. The molecule has 0 radical (unpaired) electrons. The molecule has 0 N–H and O–H groups in total. The Morgan fingerprint density at radius 1 is 1.00 bits per heavy atom. The Labute approximate surface area is 132 Å². The van der Waals surface area contributed by atoms with E-state index < -0.39 is 0 Å². The van der Waals surface area contributed by atoms with Crippen LogP contribution in [0, 0.1) is 0 Å². The topological polar surface area (TPSA) is 17.1 Å². The van der Waals surface area contributed by atoms with E-state index in [1.807, 2.05) is 44.2 Å². The molecule has 112 valence electrons. The molecule has 0 atom stereocenters. The zero-order chi connectivity index (χ0) is 15.7. The summed E-state index contributed by atoms with van der Waals surface area (Å²) in [4.78, 5) is 12.8. The van der Waals surface area contributed by atoms with Crippen LogP contribution < -0.4 is 0 Å². The average molecular weight is 300 g/mol. The third-order valence-corrected chi connectivity index (χ3v) is 4.20. The van der Waals surface area contributed by atoms with Gasteiger partial charge in [-0.2, -0.15) is 0 Å². The van der Waals surface area contributed by atoms with Gasteiger partial charge in [0.25, 0.3) is 0 Å². The number of carbonyl (C=O) groups is 1. The van der Waals surface area contributed by atoms with Crippen molar-refractivity contribution in [1.29, 1.82) is 0 Å². The molecule has 0 aliphatic rings. The van der Waals surface area contributed by atoms with Crippen LogP contribution in [-0.4, -0.2) is 5.78 Å². The zero-order valence-electron chi connectivity index (χ0n) is 13.3. The van der Waals surface area contributed by atoms with Gasteiger partial charge in [-0.1, -0.05) is 63.2 Å². The van der Waals surface area contributed by atoms with Crippen molar-refractivity contribution in [3.63, 3.8) is 0 Å². The molecule has 2 aromatic carbocycles. The molecule has 0 aliphatic carbocycles. The second-order valence-corrected chi connectivity index (χ2v) is 5.53. The molecule has 0 heterocycles. The Balaban J connectivity index is 0.00000106. The highest BCUT2D eigenvalue weighted by Gasteiger charge is 2.08. The van der Waals surface area contributed by atoms with Crippen LogP contribution >= 0.6 is 11.8 Å². The summed E-state index contributed by atoms with van der Waals surface area (Å²) in [5.41, 5.74) is 3.39. The minimum absolute atomic E-state index is 0.137. The summed E-state index contributed by atoms with van der Waals surface area (Å²) < 4.78 is 0. The van der Waals surface area contributed by atoms with Gasteiger partial charge in [-0.3, -0.25) is 4.79 Å². The van der Waals surface area contributed by atoms with Gasteiger partial charge in [-0.15, -0.1) is 11.8 Å². The van der Waals surface area contributed by atoms with Crippen LogP contribution in [0.2, 0.25) is 0 Å². The van der Waals surface area contributed by atoms with Crippen molar-refractivity contribution in [2.45, 2.75) is 44.8 Å². The number of hydrogen-bond donors (Lipinski definition) is 0. The molecule has 0 aliphatic heterocycles. The van der Waals surface area contributed by atoms with Crippen LogP contribution in [-0.2, 0) is 12.2 Å². The smallest absolute Gasteiger partial charge is 0.160 e. The lowest BCUT2D eigenvalue weighted by molar-refractivity contribution is 0.101. The summed E-state index contributed by atoms with van der Waals surface area (Å²) in [6.45, 7) is 7.77. The lowest BCUT2D eigenvalue weighted by Crippen LogP contribution is -1.97. The van der Waals surface area contributed by atoms with Crippen molar-refractivity contribution in [2.24, 2.45) is 0 Å². The second-order valence-electron chi connectivity index (χ2n) is 4.51. The van der Waals surface area contributed by atoms with Gasteiger partial charge in [0.05, 0.1) is 0 Å². The molecule has 0 saturated heterocycles. The SMILES string of the molecule is CC.CCc1ccc(C(C)=O)c(SCc2ccccc2)c1. The molecule has 0 saturated carbocycles. The lowest BCUT2D eigenvalue weighted by Gasteiger charge is -2.09. The molecule has 21 heavy (non-hydrogen) atoms. The number of benzene rings is 2. The first-order valence-electron chi connectivity index (χ1n) is 7.51. The molecule has 2 heteroatoms. The Kier molecular flexibility index (Phi) is 7.84. The van der Waals surface area contributed by atoms with Crippen LogP contribution in [0.5, 0.6) is 0 Å². The number of aryl methyl sites for hydroxylation is 1. The number of ketones is 1. The summed E-state index contributed by atoms with van der Waals surface area (Å²) in [7, 11) is 0. The number of Topliss-reactive ketones (excluding diaryl/α,β-unsaturated/α-hetero) is 1. The first kappa shape index (κ1) is 17.5. The first-order valence-corrected chi connectivity index (χ1v) is 8.50. The van der Waals surface area contributed by atoms with Crippen molar-refractivity contribution < 1.29 is 4.79 Å².